The summed E-state index contributed by atoms with van der Waals surface area (Å²) in [6, 6.07) is 4.29. The molecule has 1 fully saturated rings. The molecule has 1 amide bonds. The number of nitrogens with zero attached hydrogens (tertiary/aromatic N) is 1. The molecule has 20 heavy (non-hydrogen) atoms. The van der Waals surface area contributed by atoms with Crippen LogP contribution in [0.3, 0.4) is 0 Å². The van der Waals surface area contributed by atoms with Crippen molar-refractivity contribution < 1.29 is 9.18 Å². The van der Waals surface area contributed by atoms with Crippen LogP contribution in [0.1, 0.15) is 25.1 Å². The number of aromatic amines is 1. The molecule has 1 aliphatic rings. The van der Waals surface area contributed by atoms with E-state index >= 15 is 0 Å². The first kappa shape index (κ1) is 13.1. The molecule has 1 aromatic heterocycles. The highest BCUT2D eigenvalue weighted by Gasteiger charge is 2.20. The summed E-state index contributed by atoms with van der Waals surface area (Å²) >= 11 is 0. The first-order valence-corrected chi connectivity index (χ1v) is 6.87. The topological polar surface area (TPSA) is 69.8 Å². The normalized spacial score (nSPS) is 19.1. The lowest BCUT2D eigenvalue weighted by molar-refractivity contribution is -0.123. The maximum absolute atomic E-state index is 13.1. The van der Waals surface area contributed by atoms with Crippen molar-refractivity contribution in [3.05, 3.63) is 29.8 Å². The molecule has 3 rings (SSSR count). The molecule has 3 N–H and O–H groups in total. The van der Waals surface area contributed by atoms with Gasteiger partial charge in [0.2, 0.25) is 5.91 Å². The summed E-state index contributed by atoms with van der Waals surface area (Å²) < 4.78 is 13.1. The van der Waals surface area contributed by atoms with Gasteiger partial charge in [0.15, 0.2) is 0 Å². The maximum atomic E-state index is 13.1. The predicted octanol–water partition coefficient (Wildman–Crippen LogP) is 1.46. The molecule has 1 saturated heterocycles. The number of carbonyl (C=O) groups excluding carboxylic acids is 1. The molecule has 1 aromatic carbocycles. The number of rotatable bonds is 3. The Morgan fingerprint density at radius 2 is 2.35 bits per heavy atom. The number of hydrogen-bond donors (Lipinski definition) is 3. The van der Waals surface area contributed by atoms with E-state index in [1.54, 1.807) is 6.07 Å². The van der Waals surface area contributed by atoms with Crippen molar-refractivity contribution in [2.45, 2.75) is 31.8 Å². The predicted molar refractivity (Wildman–Crippen MR) is 73.5 cm³/mol. The third kappa shape index (κ3) is 2.80. The minimum atomic E-state index is -0.303. The van der Waals surface area contributed by atoms with Crippen molar-refractivity contribution in [1.82, 2.24) is 20.6 Å². The fourth-order valence-corrected chi connectivity index (χ4v) is 2.49. The van der Waals surface area contributed by atoms with Crippen molar-refractivity contribution in [3.63, 3.8) is 0 Å². The molecule has 106 valence electrons. The number of hydrogen-bond acceptors (Lipinski definition) is 3. The Hall–Kier alpha value is -1.95. The molecule has 0 bridgehead atoms. The molecule has 2 heterocycles. The van der Waals surface area contributed by atoms with Crippen molar-refractivity contribution in [3.8, 4) is 0 Å². The van der Waals surface area contributed by atoms with Gasteiger partial charge in [0.1, 0.15) is 11.6 Å². The second-order valence-electron chi connectivity index (χ2n) is 5.07. The molecule has 0 spiro atoms. The van der Waals surface area contributed by atoms with Gasteiger partial charge in [0.25, 0.3) is 0 Å². The highest BCUT2D eigenvalue weighted by Crippen LogP contribution is 2.13. The van der Waals surface area contributed by atoms with Crippen LogP contribution in [0, 0.1) is 5.82 Å². The van der Waals surface area contributed by atoms with E-state index in [1.807, 2.05) is 0 Å². The van der Waals surface area contributed by atoms with Gasteiger partial charge < -0.3 is 15.6 Å². The first-order chi connectivity index (χ1) is 9.72. The summed E-state index contributed by atoms with van der Waals surface area (Å²) in [5, 5.41) is 6.05. The van der Waals surface area contributed by atoms with Crippen LogP contribution in [-0.4, -0.2) is 28.5 Å². The zero-order valence-corrected chi connectivity index (χ0v) is 11.1. The number of imidazole rings is 1. The quantitative estimate of drug-likeness (QED) is 0.795. The molecular weight excluding hydrogens is 259 g/mol. The van der Waals surface area contributed by atoms with E-state index in [0.717, 1.165) is 25.8 Å². The number of nitrogens with one attached hydrogen (secondary N) is 3. The first-order valence-electron chi connectivity index (χ1n) is 6.87. The van der Waals surface area contributed by atoms with E-state index in [2.05, 4.69) is 20.6 Å². The second-order valence-corrected chi connectivity index (χ2v) is 5.07. The van der Waals surface area contributed by atoms with Crippen LogP contribution in [-0.2, 0) is 11.3 Å². The van der Waals surface area contributed by atoms with E-state index in [4.69, 9.17) is 0 Å². The lowest BCUT2D eigenvalue weighted by Crippen LogP contribution is -2.46. The van der Waals surface area contributed by atoms with Gasteiger partial charge in [-0.25, -0.2) is 9.37 Å². The van der Waals surface area contributed by atoms with Gasteiger partial charge >= 0.3 is 0 Å². The van der Waals surface area contributed by atoms with Crippen LogP contribution in [0.4, 0.5) is 4.39 Å². The van der Waals surface area contributed by atoms with Crippen molar-refractivity contribution in [2.24, 2.45) is 0 Å². The van der Waals surface area contributed by atoms with Gasteiger partial charge in [-0.15, -0.1) is 0 Å². The molecule has 0 unspecified atom stereocenters. The van der Waals surface area contributed by atoms with Crippen LogP contribution in [0.25, 0.3) is 11.0 Å². The molecule has 1 aliphatic heterocycles. The second kappa shape index (κ2) is 5.58. The molecule has 5 nitrogen and oxygen atoms in total. The van der Waals surface area contributed by atoms with Crippen LogP contribution >= 0.6 is 0 Å². The lowest BCUT2D eigenvalue weighted by Gasteiger charge is -2.22. The van der Waals surface area contributed by atoms with Gasteiger partial charge in [-0.2, -0.15) is 0 Å². The Bertz CT molecular complexity index is 619. The summed E-state index contributed by atoms with van der Waals surface area (Å²) in [6.45, 7) is 1.22. The minimum Gasteiger partial charge on any atom is -0.348 e. The summed E-state index contributed by atoms with van der Waals surface area (Å²) in [4.78, 5) is 19.3. The van der Waals surface area contributed by atoms with Crippen molar-refractivity contribution >= 4 is 16.9 Å². The average Bonchev–Trinajstić information content (AvgIpc) is 2.87. The van der Waals surface area contributed by atoms with Crippen LogP contribution in [0.15, 0.2) is 18.2 Å². The van der Waals surface area contributed by atoms with E-state index in [-0.39, 0.29) is 17.8 Å². The SMILES string of the molecule is O=C(NCc1nc2ccc(F)cc2[nH]1)[C@H]1CCCCN1. The number of amides is 1. The fraction of sp³-hybridized carbons (Fsp3) is 0.429. The van der Waals surface area contributed by atoms with E-state index in [1.165, 1.54) is 12.1 Å². The average molecular weight is 276 g/mol. The van der Waals surface area contributed by atoms with Crippen molar-refractivity contribution in [2.75, 3.05) is 6.54 Å². The van der Waals surface area contributed by atoms with E-state index < -0.39 is 0 Å². The number of fused-ring (bicyclic) bond motifs is 1. The molecule has 2 aromatic rings. The Kier molecular flexibility index (Phi) is 3.64. The smallest absolute Gasteiger partial charge is 0.237 e. The minimum absolute atomic E-state index is 0.00339. The summed E-state index contributed by atoms with van der Waals surface area (Å²) in [5.74, 6) is 0.328. The largest absolute Gasteiger partial charge is 0.348 e. The van der Waals surface area contributed by atoms with Gasteiger partial charge in [0.05, 0.1) is 23.6 Å². The fourth-order valence-electron chi connectivity index (χ4n) is 2.49. The molecule has 0 radical (unpaired) electrons. The Morgan fingerprint density at radius 1 is 1.45 bits per heavy atom. The molecule has 6 heteroatoms. The van der Waals surface area contributed by atoms with Crippen LogP contribution in [0.5, 0.6) is 0 Å². The zero-order valence-electron chi connectivity index (χ0n) is 11.1. The Morgan fingerprint density at radius 3 is 3.15 bits per heavy atom. The van der Waals surface area contributed by atoms with Gasteiger partial charge in [-0.3, -0.25) is 4.79 Å². The molecule has 0 aliphatic carbocycles. The molecule has 1 atom stereocenters. The molecular formula is C14H17FN4O. The summed E-state index contributed by atoms with van der Waals surface area (Å²) in [5.41, 5.74) is 1.34. The standard InChI is InChI=1S/C14H17FN4O/c15-9-4-5-10-12(7-9)19-13(18-10)8-17-14(20)11-3-1-2-6-16-11/h4-5,7,11,16H,1-3,6,8H2,(H,17,20)(H,18,19)/t11-/m1/s1. The van der Waals surface area contributed by atoms with Gasteiger partial charge in [-0.05, 0) is 37.6 Å². The maximum Gasteiger partial charge on any atom is 0.237 e. The number of carbonyl (C=O) groups is 1. The number of halogens is 1. The highest BCUT2D eigenvalue weighted by molar-refractivity contribution is 5.82. The summed E-state index contributed by atoms with van der Waals surface area (Å²) in [7, 11) is 0. The van der Waals surface area contributed by atoms with Gasteiger partial charge in [0, 0.05) is 0 Å². The third-order valence-electron chi connectivity index (χ3n) is 3.55. The van der Waals surface area contributed by atoms with E-state index in [0.29, 0.717) is 23.4 Å². The van der Waals surface area contributed by atoms with Crippen LogP contribution in [0.2, 0.25) is 0 Å². The Labute approximate surface area is 116 Å². The number of piperidine rings is 1. The zero-order chi connectivity index (χ0) is 13.9. The monoisotopic (exact) mass is 276 g/mol. The van der Waals surface area contributed by atoms with Gasteiger partial charge in [-0.1, -0.05) is 6.42 Å². The molecule has 0 saturated carbocycles. The van der Waals surface area contributed by atoms with E-state index in [9.17, 15) is 9.18 Å². The number of benzene rings is 1. The summed E-state index contributed by atoms with van der Waals surface area (Å²) in [6.07, 6.45) is 3.07. The highest BCUT2D eigenvalue weighted by atomic mass is 19.1. The number of H-pyrrole nitrogens is 1. The Balaban J connectivity index is 1.63. The van der Waals surface area contributed by atoms with Crippen LogP contribution < -0.4 is 10.6 Å². The number of aromatic nitrogens is 2. The lowest BCUT2D eigenvalue weighted by atomic mass is 10.0. The third-order valence-corrected chi connectivity index (χ3v) is 3.55. The van der Waals surface area contributed by atoms with Crippen molar-refractivity contribution in [1.29, 1.82) is 0 Å².